The molecule has 0 saturated carbocycles. The predicted octanol–water partition coefficient (Wildman–Crippen LogP) is 4.27. The molecule has 3 heteroatoms. The van der Waals surface area contributed by atoms with Crippen LogP contribution in [0.4, 0.5) is 0 Å². The maximum Gasteiger partial charge on any atom is 0.270 e. The van der Waals surface area contributed by atoms with E-state index in [2.05, 4.69) is 47.6 Å². The number of aryl methyl sites for hydroxylation is 1. The summed E-state index contributed by atoms with van der Waals surface area (Å²) in [6.07, 6.45) is 7.01. The van der Waals surface area contributed by atoms with Crippen LogP contribution in [0.5, 0.6) is 0 Å². The highest BCUT2D eigenvalue weighted by atomic mass is 16.2. The number of carbonyl (C=O) groups excluding carboxylic acids is 1. The van der Waals surface area contributed by atoms with E-state index in [-0.39, 0.29) is 5.91 Å². The van der Waals surface area contributed by atoms with E-state index in [0.29, 0.717) is 0 Å². The van der Waals surface area contributed by atoms with Gasteiger partial charge in [-0.15, -0.1) is 0 Å². The maximum atomic E-state index is 13.3. The average Bonchev–Trinajstić information content (AvgIpc) is 3.25. The first kappa shape index (κ1) is 16.4. The molecule has 0 atom stereocenters. The van der Waals surface area contributed by atoms with Crippen molar-refractivity contribution in [2.45, 2.75) is 58.9 Å². The van der Waals surface area contributed by atoms with E-state index < -0.39 is 0 Å². The van der Waals surface area contributed by atoms with E-state index >= 15 is 0 Å². The zero-order chi connectivity index (χ0) is 17.4. The molecule has 3 nitrogen and oxygen atoms in total. The van der Waals surface area contributed by atoms with Gasteiger partial charge in [-0.3, -0.25) is 4.79 Å². The topological polar surface area (TPSA) is 25.2 Å². The number of hydrogen-bond acceptors (Lipinski definition) is 1. The first-order valence-corrected chi connectivity index (χ1v) is 9.71. The second kappa shape index (κ2) is 6.70. The Bertz CT molecular complexity index is 779. The van der Waals surface area contributed by atoms with E-state index in [4.69, 9.17) is 0 Å². The molecule has 0 unspecified atom stereocenters. The Kier molecular flexibility index (Phi) is 4.41. The van der Waals surface area contributed by atoms with E-state index in [1.165, 1.54) is 40.8 Å². The van der Waals surface area contributed by atoms with E-state index in [1.54, 1.807) is 0 Å². The van der Waals surface area contributed by atoms with Crippen LogP contribution in [0.2, 0.25) is 0 Å². The second-order valence-electron chi connectivity index (χ2n) is 7.68. The Hall–Kier alpha value is -2.03. The molecule has 25 heavy (non-hydrogen) atoms. The number of rotatable bonds is 3. The van der Waals surface area contributed by atoms with Crippen LogP contribution < -0.4 is 0 Å². The van der Waals surface area contributed by atoms with Crippen molar-refractivity contribution < 1.29 is 4.79 Å². The lowest BCUT2D eigenvalue weighted by Gasteiger charge is -2.20. The molecular formula is C22H28N2O. The van der Waals surface area contributed by atoms with Crippen molar-refractivity contribution in [3.8, 4) is 0 Å². The normalized spacial score (nSPS) is 17.0. The Morgan fingerprint density at radius 2 is 1.64 bits per heavy atom. The van der Waals surface area contributed by atoms with Crippen molar-refractivity contribution >= 4 is 5.91 Å². The number of likely N-dealkylation sites (tertiary alicyclic amines) is 1. The Morgan fingerprint density at radius 1 is 0.960 bits per heavy atom. The van der Waals surface area contributed by atoms with Gasteiger partial charge in [-0.05, 0) is 69.1 Å². The molecule has 1 amide bonds. The molecule has 132 valence electrons. The van der Waals surface area contributed by atoms with Crippen molar-refractivity contribution in [3.63, 3.8) is 0 Å². The predicted molar refractivity (Wildman–Crippen MR) is 101 cm³/mol. The number of aromatic nitrogens is 1. The van der Waals surface area contributed by atoms with Crippen molar-refractivity contribution in [3.05, 3.63) is 57.9 Å². The minimum absolute atomic E-state index is 0.247. The number of carbonyl (C=O) groups is 1. The molecule has 0 N–H and O–H groups in total. The summed E-state index contributed by atoms with van der Waals surface area (Å²) >= 11 is 0. The van der Waals surface area contributed by atoms with Gasteiger partial charge in [0.05, 0.1) is 0 Å². The summed E-state index contributed by atoms with van der Waals surface area (Å²) in [5, 5.41) is 0. The molecule has 0 bridgehead atoms. The van der Waals surface area contributed by atoms with E-state index in [9.17, 15) is 4.79 Å². The average molecular weight is 336 g/mol. The molecule has 1 fully saturated rings. The maximum absolute atomic E-state index is 13.3. The van der Waals surface area contributed by atoms with Gasteiger partial charge >= 0.3 is 0 Å². The molecule has 2 aliphatic rings. The van der Waals surface area contributed by atoms with Gasteiger partial charge in [0, 0.05) is 25.3 Å². The lowest BCUT2D eigenvalue weighted by atomic mass is 9.95. The number of amides is 1. The van der Waals surface area contributed by atoms with Gasteiger partial charge in [-0.1, -0.05) is 29.8 Å². The fourth-order valence-electron chi connectivity index (χ4n) is 4.47. The minimum atomic E-state index is 0.247. The van der Waals surface area contributed by atoms with Gasteiger partial charge in [0.2, 0.25) is 0 Å². The van der Waals surface area contributed by atoms with Crippen LogP contribution >= 0.6 is 0 Å². The minimum Gasteiger partial charge on any atom is -0.337 e. The monoisotopic (exact) mass is 336 g/mol. The molecular weight excluding hydrogens is 308 g/mol. The van der Waals surface area contributed by atoms with E-state index in [0.717, 1.165) is 51.0 Å². The van der Waals surface area contributed by atoms with Gasteiger partial charge in [0.25, 0.3) is 5.91 Å². The SMILES string of the molecule is Cc1ccc(Cn2c3c(c(C)c2C(=O)N2CCCC2)CCCC3)cc1. The highest BCUT2D eigenvalue weighted by molar-refractivity contribution is 5.95. The summed E-state index contributed by atoms with van der Waals surface area (Å²) in [4.78, 5) is 15.3. The molecule has 1 saturated heterocycles. The van der Waals surface area contributed by atoms with E-state index in [1.807, 2.05) is 0 Å². The molecule has 2 heterocycles. The second-order valence-corrected chi connectivity index (χ2v) is 7.68. The largest absolute Gasteiger partial charge is 0.337 e. The van der Waals surface area contributed by atoms with Crippen LogP contribution in [0.25, 0.3) is 0 Å². The number of fused-ring (bicyclic) bond motifs is 1. The van der Waals surface area contributed by atoms with Gasteiger partial charge < -0.3 is 9.47 Å². The summed E-state index contributed by atoms with van der Waals surface area (Å²) in [5.74, 6) is 0.247. The standard InChI is InChI=1S/C22H28N2O/c1-16-9-11-18(12-10-16)15-24-20-8-4-3-7-19(20)17(2)21(24)22(25)23-13-5-6-14-23/h9-12H,3-8,13-15H2,1-2H3. The van der Waals surface area contributed by atoms with Crippen LogP contribution in [-0.2, 0) is 19.4 Å². The lowest BCUT2D eigenvalue weighted by molar-refractivity contribution is 0.0781. The number of benzene rings is 1. The molecule has 1 aromatic carbocycles. The molecule has 4 rings (SSSR count). The third kappa shape index (κ3) is 3.01. The van der Waals surface area contributed by atoms with Gasteiger partial charge in [0.15, 0.2) is 0 Å². The third-order valence-electron chi connectivity index (χ3n) is 5.90. The number of nitrogens with zero attached hydrogens (tertiary/aromatic N) is 2. The Balaban J connectivity index is 1.77. The Morgan fingerprint density at radius 3 is 2.36 bits per heavy atom. The Labute approximate surface area is 150 Å². The van der Waals surface area contributed by atoms with Gasteiger partial charge in [0.1, 0.15) is 5.69 Å². The van der Waals surface area contributed by atoms with Crippen LogP contribution in [0.1, 0.15) is 64.1 Å². The molecule has 2 aromatic rings. The summed E-state index contributed by atoms with van der Waals surface area (Å²) in [5.41, 5.74) is 7.60. The lowest BCUT2D eigenvalue weighted by Crippen LogP contribution is -2.30. The smallest absolute Gasteiger partial charge is 0.270 e. The highest BCUT2D eigenvalue weighted by Crippen LogP contribution is 2.31. The van der Waals surface area contributed by atoms with Crippen LogP contribution in [-0.4, -0.2) is 28.5 Å². The summed E-state index contributed by atoms with van der Waals surface area (Å²) in [6.45, 7) is 6.93. The fourth-order valence-corrected chi connectivity index (χ4v) is 4.47. The highest BCUT2D eigenvalue weighted by Gasteiger charge is 2.29. The van der Waals surface area contributed by atoms with Crippen molar-refractivity contribution in [1.82, 2.24) is 9.47 Å². The number of hydrogen-bond donors (Lipinski definition) is 0. The zero-order valence-corrected chi connectivity index (χ0v) is 15.5. The zero-order valence-electron chi connectivity index (χ0n) is 15.5. The van der Waals surface area contributed by atoms with Crippen LogP contribution in [0, 0.1) is 13.8 Å². The molecule has 0 radical (unpaired) electrons. The van der Waals surface area contributed by atoms with Crippen molar-refractivity contribution in [2.24, 2.45) is 0 Å². The first-order valence-electron chi connectivity index (χ1n) is 9.71. The van der Waals surface area contributed by atoms with Crippen molar-refractivity contribution in [1.29, 1.82) is 0 Å². The third-order valence-corrected chi connectivity index (χ3v) is 5.90. The van der Waals surface area contributed by atoms with Crippen molar-refractivity contribution in [2.75, 3.05) is 13.1 Å². The first-order chi connectivity index (χ1) is 12.1. The molecule has 1 aromatic heterocycles. The molecule has 1 aliphatic carbocycles. The molecule has 0 spiro atoms. The van der Waals surface area contributed by atoms with Gasteiger partial charge in [-0.2, -0.15) is 0 Å². The van der Waals surface area contributed by atoms with Gasteiger partial charge in [-0.25, -0.2) is 0 Å². The molecule has 1 aliphatic heterocycles. The fraction of sp³-hybridized carbons (Fsp3) is 0.500. The van der Waals surface area contributed by atoms with Crippen LogP contribution in [0.15, 0.2) is 24.3 Å². The summed E-state index contributed by atoms with van der Waals surface area (Å²) < 4.78 is 2.34. The summed E-state index contributed by atoms with van der Waals surface area (Å²) in [7, 11) is 0. The summed E-state index contributed by atoms with van der Waals surface area (Å²) in [6, 6.07) is 8.73. The quantitative estimate of drug-likeness (QED) is 0.822. The van der Waals surface area contributed by atoms with Crippen LogP contribution in [0.3, 0.4) is 0 Å².